The Balaban J connectivity index is 1.73. The maximum atomic E-state index is 5.68. The zero-order valence-corrected chi connectivity index (χ0v) is 9.28. The molecule has 0 bridgehead atoms. The van der Waals surface area contributed by atoms with Crippen molar-refractivity contribution in [2.24, 2.45) is 0 Å². The molecule has 1 atom stereocenters. The molecule has 4 heteroatoms. The van der Waals surface area contributed by atoms with Crippen molar-refractivity contribution in [2.75, 3.05) is 12.3 Å². The maximum absolute atomic E-state index is 5.68. The van der Waals surface area contributed by atoms with Gasteiger partial charge in [-0.3, -0.25) is 4.68 Å². The predicted molar refractivity (Wildman–Crippen MR) is 59.6 cm³/mol. The first-order valence-electron chi connectivity index (χ1n) is 5.67. The van der Waals surface area contributed by atoms with E-state index in [-0.39, 0.29) is 0 Å². The van der Waals surface area contributed by atoms with Gasteiger partial charge >= 0.3 is 0 Å². The minimum absolute atomic E-state index is 0.485. The predicted octanol–water partition coefficient (Wildman–Crippen LogP) is 1.73. The first-order chi connectivity index (χ1) is 7.25. The summed E-state index contributed by atoms with van der Waals surface area (Å²) in [5.41, 5.74) is 6.74. The van der Waals surface area contributed by atoms with E-state index < -0.39 is 0 Å². The number of nitrogen functional groups attached to an aromatic ring is 1. The van der Waals surface area contributed by atoms with E-state index in [0.717, 1.165) is 31.6 Å². The van der Waals surface area contributed by atoms with Gasteiger partial charge in [0.15, 0.2) is 0 Å². The van der Waals surface area contributed by atoms with Crippen LogP contribution in [0, 0.1) is 6.92 Å². The average Bonchev–Trinajstić information content (AvgIpc) is 2.79. The van der Waals surface area contributed by atoms with E-state index >= 15 is 0 Å². The van der Waals surface area contributed by atoms with Crippen molar-refractivity contribution in [3.8, 4) is 0 Å². The molecule has 2 heterocycles. The molecule has 15 heavy (non-hydrogen) atoms. The molecule has 1 saturated heterocycles. The fraction of sp³-hybridized carbons (Fsp3) is 0.727. The van der Waals surface area contributed by atoms with Crippen LogP contribution in [-0.2, 0) is 11.3 Å². The molecule has 2 N–H and O–H groups in total. The normalized spacial score (nSPS) is 21.0. The number of hydrogen-bond donors (Lipinski definition) is 1. The van der Waals surface area contributed by atoms with Crippen molar-refractivity contribution in [3.05, 3.63) is 11.8 Å². The number of aryl methyl sites for hydroxylation is 2. The van der Waals surface area contributed by atoms with Gasteiger partial charge in [-0.15, -0.1) is 0 Å². The van der Waals surface area contributed by atoms with Crippen LogP contribution in [0.2, 0.25) is 0 Å². The first-order valence-corrected chi connectivity index (χ1v) is 5.67. The Labute approximate surface area is 90.4 Å². The van der Waals surface area contributed by atoms with Crippen molar-refractivity contribution in [3.63, 3.8) is 0 Å². The van der Waals surface area contributed by atoms with Gasteiger partial charge in [0.05, 0.1) is 6.10 Å². The van der Waals surface area contributed by atoms with E-state index in [9.17, 15) is 0 Å². The summed E-state index contributed by atoms with van der Waals surface area (Å²) in [6, 6.07) is 0. The number of nitrogens with zero attached hydrogens (tertiary/aromatic N) is 2. The first kappa shape index (κ1) is 10.5. The number of hydrogen-bond acceptors (Lipinski definition) is 3. The minimum Gasteiger partial charge on any atom is -0.382 e. The molecule has 1 unspecified atom stereocenters. The Morgan fingerprint density at radius 1 is 1.67 bits per heavy atom. The summed E-state index contributed by atoms with van der Waals surface area (Å²) in [5.74, 6) is 0.645. The highest BCUT2D eigenvalue weighted by atomic mass is 16.5. The van der Waals surface area contributed by atoms with Crippen LogP contribution >= 0.6 is 0 Å². The van der Waals surface area contributed by atoms with Crippen LogP contribution in [0.1, 0.15) is 31.2 Å². The summed E-state index contributed by atoms with van der Waals surface area (Å²) < 4.78 is 7.50. The molecule has 0 aromatic carbocycles. The van der Waals surface area contributed by atoms with Crippen molar-refractivity contribution in [1.82, 2.24) is 9.78 Å². The van der Waals surface area contributed by atoms with Crippen LogP contribution in [-0.4, -0.2) is 22.5 Å². The lowest BCUT2D eigenvalue weighted by atomic mass is 10.1. The van der Waals surface area contributed by atoms with Crippen LogP contribution in [0.4, 0.5) is 5.82 Å². The Kier molecular flexibility index (Phi) is 3.26. The number of nitrogens with two attached hydrogens (primary N) is 1. The molecule has 0 amide bonds. The SMILES string of the molecule is Cc1cn(CCCC2CCCO2)nc1N. The van der Waals surface area contributed by atoms with Gasteiger partial charge < -0.3 is 10.5 Å². The lowest BCUT2D eigenvalue weighted by Crippen LogP contribution is -2.07. The third-order valence-electron chi connectivity index (χ3n) is 2.92. The summed E-state index contributed by atoms with van der Waals surface area (Å²) in [6.45, 7) is 3.87. The molecule has 1 fully saturated rings. The molecule has 1 aromatic rings. The quantitative estimate of drug-likeness (QED) is 0.821. The standard InChI is InChI=1S/C11H19N3O/c1-9-8-14(13-11(9)12)6-2-4-10-5-3-7-15-10/h8,10H,2-7H2,1H3,(H2,12,13). The molecule has 84 valence electrons. The van der Waals surface area contributed by atoms with Gasteiger partial charge in [-0.05, 0) is 32.6 Å². The lowest BCUT2D eigenvalue weighted by Gasteiger charge is -2.08. The largest absolute Gasteiger partial charge is 0.382 e. The highest BCUT2D eigenvalue weighted by molar-refractivity contribution is 5.35. The van der Waals surface area contributed by atoms with Crippen molar-refractivity contribution >= 4 is 5.82 Å². The van der Waals surface area contributed by atoms with E-state index in [1.165, 1.54) is 12.8 Å². The number of aromatic nitrogens is 2. The topological polar surface area (TPSA) is 53.1 Å². The Hall–Kier alpha value is -1.03. The zero-order chi connectivity index (χ0) is 10.7. The van der Waals surface area contributed by atoms with Crippen molar-refractivity contribution < 1.29 is 4.74 Å². The number of anilines is 1. The van der Waals surface area contributed by atoms with Gasteiger partial charge in [0.1, 0.15) is 5.82 Å². The fourth-order valence-corrected chi connectivity index (χ4v) is 2.00. The molecule has 1 aromatic heterocycles. The third kappa shape index (κ3) is 2.72. The van der Waals surface area contributed by atoms with Crippen LogP contribution in [0.3, 0.4) is 0 Å². The van der Waals surface area contributed by atoms with E-state index in [1.54, 1.807) is 0 Å². The zero-order valence-electron chi connectivity index (χ0n) is 9.28. The Morgan fingerprint density at radius 2 is 2.53 bits per heavy atom. The lowest BCUT2D eigenvalue weighted by molar-refractivity contribution is 0.101. The van der Waals surface area contributed by atoms with Crippen LogP contribution in [0.5, 0.6) is 0 Å². The van der Waals surface area contributed by atoms with Gasteiger partial charge in [0, 0.05) is 24.9 Å². The molecular weight excluding hydrogens is 190 g/mol. The average molecular weight is 209 g/mol. The molecule has 0 radical (unpaired) electrons. The molecule has 0 spiro atoms. The monoisotopic (exact) mass is 209 g/mol. The molecule has 0 aliphatic carbocycles. The van der Waals surface area contributed by atoms with Crippen LogP contribution in [0.15, 0.2) is 6.20 Å². The second-order valence-electron chi connectivity index (χ2n) is 4.24. The van der Waals surface area contributed by atoms with Crippen LogP contribution in [0.25, 0.3) is 0 Å². The number of ether oxygens (including phenoxy) is 1. The molecule has 0 saturated carbocycles. The highest BCUT2D eigenvalue weighted by Gasteiger charge is 2.14. The smallest absolute Gasteiger partial charge is 0.148 e. The minimum atomic E-state index is 0.485. The van der Waals surface area contributed by atoms with Gasteiger partial charge in [-0.2, -0.15) is 5.10 Å². The van der Waals surface area contributed by atoms with Crippen molar-refractivity contribution in [2.45, 2.75) is 45.3 Å². The van der Waals surface area contributed by atoms with Crippen molar-refractivity contribution in [1.29, 1.82) is 0 Å². The van der Waals surface area contributed by atoms with E-state index in [4.69, 9.17) is 10.5 Å². The second-order valence-corrected chi connectivity index (χ2v) is 4.24. The Morgan fingerprint density at radius 3 is 3.13 bits per heavy atom. The van der Waals surface area contributed by atoms with Gasteiger partial charge in [0.2, 0.25) is 0 Å². The molecule has 4 nitrogen and oxygen atoms in total. The summed E-state index contributed by atoms with van der Waals surface area (Å²) in [7, 11) is 0. The summed E-state index contributed by atoms with van der Waals surface area (Å²) >= 11 is 0. The van der Waals surface area contributed by atoms with E-state index in [0.29, 0.717) is 11.9 Å². The summed E-state index contributed by atoms with van der Waals surface area (Å²) in [4.78, 5) is 0. The number of rotatable bonds is 4. The third-order valence-corrected chi connectivity index (χ3v) is 2.92. The van der Waals surface area contributed by atoms with Gasteiger partial charge in [-0.1, -0.05) is 0 Å². The summed E-state index contributed by atoms with van der Waals surface area (Å²) in [5, 5.41) is 4.23. The molecular formula is C11H19N3O. The summed E-state index contributed by atoms with van der Waals surface area (Å²) in [6.07, 6.45) is 7.19. The maximum Gasteiger partial charge on any atom is 0.148 e. The fourth-order valence-electron chi connectivity index (χ4n) is 2.00. The molecule has 1 aliphatic heterocycles. The molecule has 1 aliphatic rings. The van der Waals surface area contributed by atoms with E-state index in [1.807, 2.05) is 17.8 Å². The van der Waals surface area contributed by atoms with Crippen LogP contribution < -0.4 is 5.73 Å². The highest BCUT2D eigenvalue weighted by Crippen LogP contribution is 2.17. The Bertz CT molecular complexity index is 296. The van der Waals surface area contributed by atoms with Gasteiger partial charge in [0.25, 0.3) is 0 Å². The second kappa shape index (κ2) is 4.66. The van der Waals surface area contributed by atoms with Gasteiger partial charge in [-0.25, -0.2) is 0 Å². The molecule has 2 rings (SSSR count). The van der Waals surface area contributed by atoms with E-state index in [2.05, 4.69) is 5.10 Å².